The maximum Gasteiger partial charge on any atom is 0.124 e. The van der Waals surface area contributed by atoms with Gasteiger partial charge >= 0.3 is 0 Å². The van der Waals surface area contributed by atoms with Crippen molar-refractivity contribution in [1.82, 2.24) is 0 Å². The average Bonchev–Trinajstić information content (AvgIpc) is 3.20. The van der Waals surface area contributed by atoms with Gasteiger partial charge in [0.25, 0.3) is 0 Å². The maximum atomic E-state index is 11.9. The van der Waals surface area contributed by atoms with E-state index in [-0.39, 0.29) is 5.92 Å². The highest BCUT2D eigenvalue weighted by molar-refractivity contribution is 5.77. The van der Waals surface area contributed by atoms with Gasteiger partial charge in [0.15, 0.2) is 0 Å². The molecule has 1 heteroatoms. The molecule has 0 radical (unpaired) electrons. The lowest BCUT2D eigenvalue weighted by Crippen LogP contribution is -2.34. The standard InChI is InChI=1S/C25H22O/c1-19-12-14-20(15-13-19)21-16-17-24(18-21)25(26,22-8-4-2-5-9-22)23-10-6-3-7-11-23/h2-18,24,26H,1H3. The van der Waals surface area contributed by atoms with Crippen molar-refractivity contribution in [1.29, 1.82) is 0 Å². The third-order valence-electron chi connectivity index (χ3n) is 5.14. The van der Waals surface area contributed by atoms with Gasteiger partial charge < -0.3 is 5.11 Å². The lowest BCUT2D eigenvalue weighted by atomic mass is 9.76. The zero-order valence-corrected chi connectivity index (χ0v) is 14.8. The van der Waals surface area contributed by atoms with Gasteiger partial charge in [-0.2, -0.15) is 0 Å². The smallest absolute Gasteiger partial charge is 0.124 e. The molecule has 0 fully saturated rings. The summed E-state index contributed by atoms with van der Waals surface area (Å²) in [4.78, 5) is 0. The molecule has 0 aromatic heterocycles. The summed E-state index contributed by atoms with van der Waals surface area (Å²) in [5.41, 5.74) is 4.30. The number of hydrogen-bond acceptors (Lipinski definition) is 1. The Hall–Kier alpha value is -2.90. The summed E-state index contributed by atoms with van der Waals surface area (Å²) in [5.74, 6) is -0.122. The molecule has 26 heavy (non-hydrogen) atoms. The van der Waals surface area contributed by atoms with E-state index in [9.17, 15) is 5.11 Å². The van der Waals surface area contributed by atoms with Crippen LogP contribution in [0, 0.1) is 12.8 Å². The highest BCUT2D eigenvalue weighted by Gasteiger charge is 2.39. The van der Waals surface area contributed by atoms with Gasteiger partial charge in [-0.05, 0) is 29.2 Å². The Bertz CT molecular complexity index is 895. The molecule has 1 nitrogen and oxygen atoms in total. The van der Waals surface area contributed by atoms with Crippen LogP contribution in [0.15, 0.2) is 103 Å². The number of benzene rings is 3. The summed E-state index contributed by atoms with van der Waals surface area (Å²) in [6, 6.07) is 28.4. The SMILES string of the molecule is Cc1ccc(C2=CC(C(O)(c3ccccc3)c3ccccc3)C=C2)cc1. The normalized spacial score (nSPS) is 16.5. The van der Waals surface area contributed by atoms with Crippen molar-refractivity contribution in [2.75, 3.05) is 0 Å². The van der Waals surface area contributed by atoms with Crippen LogP contribution in [0.5, 0.6) is 0 Å². The van der Waals surface area contributed by atoms with E-state index in [1.165, 1.54) is 11.1 Å². The van der Waals surface area contributed by atoms with Crippen molar-refractivity contribution in [2.45, 2.75) is 12.5 Å². The van der Waals surface area contributed by atoms with E-state index < -0.39 is 5.60 Å². The van der Waals surface area contributed by atoms with E-state index in [2.05, 4.69) is 49.4 Å². The fourth-order valence-electron chi connectivity index (χ4n) is 3.65. The highest BCUT2D eigenvalue weighted by atomic mass is 16.3. The second kappa shape index (κ2) is 6.78. The lowest BCUT2D eigenvalue weighted by molar-refractivity contribution is 0.0549. The van der Waals surface area contributed by atoms with Gasteiger partial charge in [0.1, 0.15) is 5.60 Å². The summed E-state index contributed by atoms with van der Waals surface area (Å²) in [5, 5.41) is 11.9. The van der Waals surface area contributed by atoms with Gasteiger partial charge in [-0.3, -0.25) is 0 Å². The zero-order chi connectivity index (χ0) is 18.0. The van der Waals surface area contributed by atoms with Crippen LogP contribution >= 0.6 is 0 Å². The number of rotatable bonds is 4. The van der Waals surface area contributed by atoms with Crippen LogP contribution in [-0.2, 0) is 5.60 Å². The summed E-state index contributed by atoms with van der Waals surface area (Å²) in [7, 11) is 0. The van der Waals surface area contributed by atoms with E-state index in [1.54, 1.807) is 0 Å². The van der Waals surface area contributed by atoms with Crippen LogP contribution in [-0.4, -0.2) is 5.11 Å². The topological polar surface area (TPSA) is 20.2 Å². The predicted octanol–water partition coefficient (Wildman–Crippen LogP) is 5.50. The first-order valence-electron chi connectivity index (χ1n) is 8.98. The summed E-state index contributed by atoms with van der Waals surface area (Å²) >= 11 is 0. The minimum absolute atomic E-state index is 0.122. The van der Waals surface area contributed by atoms with Crippen molar-refractivity contribution in [3.8, 4) is 0 Å². The van der Waals surface area contributed by atoms with E-state index >= 15 is 0 Å². The van der Waals surface area contributed by atoms with Crippen molar-refractivity contribution in [3.63, 3.8) is 0 Å². The van der Waals surface area contributed by atoms with Gasteiger partial charge in [-0.1, -0.05) is 109 Å². The maximum absolute atomic E-state index is 11.9. The van der Waals surface area contributed by atoms with E-state index in [0.29, 0.717) is 0 Å². The third kappa shape index (κ3) is 2.91. The summed E-state index contributed by atoms with van der Waals surface area (Å²) in [6.45, 7) is 2.09. The molecule has 0 aliphatic heterocycles. The number of hydrogen-bond donors (Lipinski definition) is 1. The molecule has 0 saturated heterocycles. The average molecular weight is 338 g/mol. The predicted molar refractivity (Wildman–Crippen MR) is 108 cm³/mol. The van der Waals surface area contributed by atoms with E-state index in [1.807, 2.05) is 60.7 Å². The van der Waals surface area contributed by atoms with Crippen LogP contribution in [0.2, 0.25) is 0 Å². The molecule has 128 valence electrons. The van der Waals surface area contributed by atoms with Crippen molar-refractivity contribution >= 4 is 5.57 Å². The quantitative estimate of drug-likeness (QED) is 0.666. The summed E-state index contributed by atoms with van der Waals surface area (Å²) < 4.78 is 0. The zero-order valence-electron chi connectivity index (χ0n) is 14.8. The largest absolute Gasteiger partial charge is 0.379 e. The molecule has 3 aromatic carbocycles. The summed E-state index contributed by atoms with van der Waals surface area (Å²) in [6.07, 6.45) is 6.39. The second-order valence-corrected chi connectivity index (χ2v) is 6.87. The number of allylic oxidation sites excluding steroid dienone is 2. The van der Waals surface area contributed by atoms with Gasteiger partial charge in [-0.15, -0.1) is 0 Å². The minimum atomic E-state index is -1.09. The first kappa shape index (κ1) is 16.6. The fourth-order valence-corrected chi connectivity index (χ4v) is 3.65. The van der Waals surface area contributed by atoms with Crippen LogP contribution in [0.25, 0.3) is 5.57 Å². The van der Waals surface area contributed by atoms with Gasteiger partial charge in [0.05, 0.1) is 0 Å². The Kier molecular flexibility index (Phi) is 4.32. The molecule has 0 bridgehead atoms. The molecule has 0 amide bonds. The Morgan fingerprint density at radius 3 is 1.81 bits per heavy atom. The van der Waals surface area contributed by atoms with Crippen molar-refractivity contribution in [2.24, 2.45) is 5.92 Å². The molecular weight excluding hydrogens is 316 g/mol. The molecule has 0 heterocycles. The molecule has 0 spiro atoms. The van der Waals surface area contributed by atoms with Gasteiger partial charge in [0.2, 0.25) is 0 Å². The molecular formula is C25H22O. The van der Waals surface area contributed by atoms with Crippen LogP contribution in [0.3, 0.4) is 0 Å². The molecule has 1 atom stereocenters. The Balaban J connectivity index is 1.79. The van der Waals surface area contributed by atoms with Gasteiger partial charge in [-0.25, -0.2) is 0 Å². The number of aryl methyl sites for hydroxylation is 1. The first-order chi connectivity index (χ1) is 12.7. The van der Waals surface area contributed by atoms with Crippen molar-refractivity contribution in [3.05, 3.63) is 125 Å². The highest BCUT2D eigenvalue weighted by Crippen LogP contribution is 2.42. The Morgan fingerprint density at radius 2 is 1.27 bits per heavy atom. The van der Waals surface area contributed by atoms with E-state index in [0.717, 1.165) is 16.7 Å². The Labute approximate surface area is 155 Å². The molecule has 1 aliphatic carbocycles. The molecule has 0 saturated carbocycles. The van der Waals surface area contributed by atoms with Crippen molar-refractivity contribution < 1.29 is 5.11 Å². The van der Waals surface area contributed by atoms with Gasteiger partial charge in [0, 0.05) is 5.92 Å². The fraction of sp³-hybridized carbons (Fsp3) is 0.120. The third-order valence-corrected chi connectivity index (χ3v) is 5.14. The van der Waals surface area contributed by atoms with E-state index in [4.69, 9.17) is 0 Å². The van der Waals surface area contributed by atoms with Crippen LogP contribution in [0.1, 0.15) is 22.3 Å². The molecule has 4 rings (SSSR count). The lowest BCUT2D eigenvalue weighted by Gasteiger charge is -2.33. The van der Waals surface area contributed by atoms with Crippen LogP contribution in [0.4, 0.5) is 0 Å². The molecule has 1 aliphatic rings. The molecule has 1 N–H and O–H groups in total. The minimum Gasteiger partial charge on any atom is -0.379 e. The molecule has 1 unspecified atom stereocenters. The Morgan fingerprint density at radius 1 is 0.731 bits per heavy atom. The van der Waals surface area contributed by atoms with Crippen LogP contribution < -0.4 is 0 Å². The first-order valence-corrected chi connectivity index (χ1v) is 8.98. The number of aliphatic hydroxyl groups is 1. The monoisotopic (exact) mass is 338 g/mol. The molecule has 3 aromatic rings. The second-order valence-electron chi connectivity index (χ2n) is 6.87.